The lowest BCUT2D eigenvalue weighted by Crippen LogP contribution is -2.24. The summed E-state index contributed by atoms with van der Waals surface area (Å²) in [7, 11) is 0. The molecule has 0 radical (unpaired) electrons. The number of hydrogen-bond donors (Lipinski definition) is 0. The van der Waals surface area contributed by atoms with Gasteiger partial charge in [0.15, 0.2) is 11.5 Å². The van der Waals surface area contributed by atoms with Gasteiger partial charge in [0.1, 0.15) is 6.29 Å². The first kappa shape index (κ1) is 19.3. The number of carbonyl (C=O) groups excluding carboxylic acids is 2. The van der Waals surface area contributed by atoms with Crippen LogP contribution in [-0.4, -0.2) is 32.9 Å². The molecule has 33 heavy (non-hydrogen) atoms. The molecule has 7 nitrogen and oxygen atoms in total. The second-order valence-electron chi connectivity index (χ2n) is 8.44. The summed E-state index contributed by atoms with van der Waals surface area (Å²) in [6.07, 6.45) is 6.98. The molecule has 0 aliphatic carbocycles. The summed E-state index contributed by atoms with van der Waals surface area (Å²) in [6.45, 7) is 8.22. The first-order valence-electron chi connectivity index (χ1n) is 10.8. The quantitative estimate of drug-likeness (QED) is 0.311. The lowest BCUT2D eigenvalue weighted by molar-refractivity contribution is -0.119. The van der Waals surface area contributed by atoms with Gasteiger partial charge in [-0.05, 0) is 35.4 Å². The molecular formula is C26H19N5O2. The number of carbonyl (C=O) groups is 2. The van der Waals surface area contributed by atoms with Gasteiger partial charge in [-0.1, -0.05) is 24.3 Å². The van der Waals surface area contributed by atoms with Gasteiger partial charge < -0.3 is 14.3 Å². The zero-order chi connectivity index (χ0) is 22.5. The summed E-state index contributed by atoms with van der Waals surface area (Å²) in [6, 6.07) is 15.7. The normalized spacial score (nSPS) is 16.5. The maximum absolute atomic E-state index is 12.5. The van der Waals surface area contributed by atoms with Crippen molar-refractivity contribution in [3.8, 4) is 28.3 Å². The van der Waals surface area contributed by atoms with Crippen LogP contribution < -0.4 is 4.90 Å². The van der Waals surface area contributed by atoms with Crippen molar-refractivity contribution in [1.82, 2.24) is 14.1 Å². The molecule has 2 aromatic carbocycles. The van der Waals surface area contributed by atoms with Crippen LogP contribution in [0.3, 0.4) is 0 Å². The fraction of sp³-hybridized carbons (Fsp3) is 0.154. The second kappa shape index (κ2) is 7.31. The lowest BCUT2D eigenvalue weighted by atomic mass is 10.1. The van der Waals surface area contributed by atoms with E-state index in [1.54, 1.807) is 11.1 Å². The fourth-order valence-corrected chi connectivity index (χ4v) is 4.76. The SMILES string of the molecule is [C-]#[N+]c1ccc(-c2cc3n(c2)Cc2cc(N4C[C@@H](C=O)CC4=O)ccc2-n2ccnc2-3)cc1. The smallest absolute Gasteiger partial charge is 0.227 e. The number of anilines is 1. The van der Waals surface area contributed by atoms with Crippen molar-refractivity contribution in [1.29, 1.82) is 0 Å². The van der Waals surface area contributed by atoms with E-state index in [4.69, 9.17) is 6.57 Å². The molecule has 4 aromatic rings. The Kier molecular flexibility index (Phi) is 4.27. The number of amides is 1. The molecule has 0 saturated carbocycles. The minimum atomic E-state index is -0.246. The van der Waals surface area contributed by atoms with Gasteiger partial charge in [0, 0.05) is 55.3 Å². The first-order valence-corrected chi connectivity index (χ1v) is 10.8. The van der Waals surface area contributed by atoms with E-state index in [0.29, 0.717) is 18.8 Å². The number of aromatic nitrogens is 3. The maximum Gasteiger partial charge on any atom is 0.227 e. The zero-order valence-electron chi connectivity index (χ0n) is 17.7. The fourth-order valence-electron chi connectivity index (χ4n) is 4.76. The topological polar surface area (TPSA) is 64.5 Å². The number of nitrogens with zero attached hydrogens (tertiary/aromatic N) is 5. The molecule has 1 saturated heterocycles. The number of fused-ring (bicyclic) bond motifs is 5. The van der Waals surface area contributed by atoms with Gasteiger partial charge in [0.05, 0.1) is 18.0 Å². The van der Waals surface area contributed by atoms with Crippen molar-refractivity contribution < 1.29 is 9.59 Å². The Bertz CT molecular complexity index is 1450. The van der Waals surface area contributed by atoms with Gasteiger partial charge in [0.25, 0.3) is 0 Å². The largest absolute Gasteiger partial charge is 0.340 e. The minimum absolute atomic E-state index is 0.0178. The highest BCUT2D eigenvalue weighted by Crippen LogP contribution is 2.36. The monoisotopic (exact) mass is 433 g/mol. The highest BCUT2D eigenvalue weighted by atomic mass is 16.2. The van der Waals surface area contributed by atoms with Gasteiger partial charge >= 0.3 is 0 Å². The average molecular weight is 433 g/mol. The van der Waals surface area contributed by atoms with E-state index in [1.165, 1.54) is 0 Å². The highest BCUT2D eigenvalue weighted by molar-refractivity contribution is 5.98. The molecule has 0 spiro atoms. The van der Waals surface area contributed by atoms with E-state index in [9.17, 15) is 9.59 Å². The predicted molar refractivity (Wildman–Crippen MR) is 124 cm³/mol. The van der Waals surface area contributed by atoms with Crippen molar-refractivity contribution in [2.45, 2.75) is 13.0 Å². The summed E-state index contributed by atoms with van der Waals surface area (Å²) in [5.41, 5.74) is 6.62. The molecule has 4 heterocycles. The van der Waals surface area contributed by atoms with Crippen molar-refractivity contribution >= 4 is 23.6 Å². The van der Waals surface area contributed by atoms with Gasteiger partial charge in [-0.25, -0.2) is 9.83 Å². The van der Waals surface area contributed by atoms with Crippen molar-refractivity contribution in [3.05, 3.63) is 84.1 Å². The second-order valence-corrected chi connectivity index (χ2v) is 8.44. The molecule has 6 rings (SSSR count). The number of rotatable bonds is 3. The van der Waals surface area contributed by atoms with E-state index in [1.807, 2.05) is 48.7 Å². The Balaban J connectivity index is 1.43. The van der Waals surface area contributed by atoms with Crippen LogP contribution in [0.4, 0.5) is 11.4 Å². The molecule has 2 aliphatic rings. The number of benzene rings is 2. The lowest BCUT2D eigenvalue weighted by Gasteiger charge is -2.19. The molecule has 7 heteroatoms. The Labute approximate surface area is 190 Å². The summed E-state index contributed by atoms with van der Waals surface area (Å²) in [5.74, 6) is 0.587. The Morgan fingerprint density at radius 3 is 2.70 bits per heavy atom. The molecule has 0 unspecified atom stereocenters. The van der Waals surface area contributed by atoms with Crippen molar-refractivity contribution in [2.75, 3.05) is 11.4 Å². The third-order valence-corrected chi connectivity index (χ3v) is 6.42. The standard InChI is InChI=1S/C26H19N5O2/c1-27-21-4-2-18(3-5-21)19-12-24-26-28-8-9-30(26)23-7-6-22(11-20(23)15-29(24)14-19)31-13-17(16-32)10-25(31)33/h2-9,11-12,14,16-17H,10,13,15H2/t17-/m0/s1. The van der Waals surface area contributed by atoms with E-state index >= 15 is 0 Å². The molecule has 1 amide bonds. The van der Waals surface area contributed by atoms with Crippen molar-refractivity contribution in [3.63, 3.8) is 0 Å². The molecule has 2 aliphatic heterocycles. The highest BCUT2D eigenvalue weighted by Gasteiger charge is 2.31. The van der Waals surface area contributed by atoms with Gasteiger partial charge in [0.2, 0.25) is 5.91 Å². The predicted octanol–water partition coefficient (Wildman–Crippen LogP) is 4.47. The van der Waals surface area contributed by atoms with E-state index in [0.717, 1.165) is 45.9 Å². The van der Waals surface area contributed by atoms with Gasteiger partial charge in [-0.2, -0.15) is 0 Å². The van der Waals surface area contributed by atoms with Crippen LogP contribution in [0.5, 0.6) is 0 Å². The zero-order valence-corrected chi connectivity index (χ0v) is 17.7. The Hall–Kier alpha value is -4.44. The van der Waals surface area contributed by atoms with E-state index < -0.39 is 0 Å². The maximum atomic E-state index is 12.5. The molecular weight excluding hydrogens is 414 g/mol. The minimum Gasteiger partial charge on any atom is -0.340 e. The summed E-state index contributed by atoms with van der Waals surface area (Å²) in [5, 5.41) is 0. The van der Waals surface area contributed by atoms with Crippen molar-refractivity contribution in [2.24, 2.45) is 5.92 Å². The van der Waals surface area contributed by atoms with E-state index in [-0.39, 0.29) is 18.2 Å². The molecule has 0 N–H and O–H groups in total. The van der Waals surface area contributed by atoms with Crippen LogP contribution in [-0.2, 0) is 16.1 Å². The first-order chi connectivity index (χ1) is 16.1. The summed E-state index contributed by atoms with van der Waals surface area (Å²) < 4.78 is 4.25. The Morgan fingerprint density at radius 2 is 1.94 bits per heavy atom. The molecule has 2 aromatic heterocycles. The third-order valence-electron chi connectivity index (χ3n) is 6.42. The summed E-state index contributed by atoms with van der Waals surface area (Å²) >= 11 is 0. The molecule has 160 valence electrons. The molecule has 0 bridgehead atoms. The van der Waals surface area contributed by atoms with Gasteiger partial charge in [-0.3, -0.25) is 9.36 Å². The van der Waals surface area contributed by atoms with Crippen LogP contribution in [0.1, 0.15) is 12.0 Å². The Morgan fingerprint density at radius 1 is 1.09 bits per heavy atom. The number of imidazole rings is 1. The van der Waals surface area contributed by atoms with Crippen LogP contribution in [0, 0.1) is 12.5 Å². The third kappa shape index (κ3) is 3.07. The van der Waals surface area contributed by atoms with Crippen LogP contribution in [0.25, 0.3) is 33.2 Å². The molecule has 1 atom stereocenters. The van der Waals surface area contributed by atoms with Gasteiger partial charge in [-0.15, -0.1) is 0 Å². The van der Waals surface area contributed by atoms with Crippen LogP contribution in [0.2, 0.25) is 0 Å². The van der Waals surface area contributed by atoms with Crippen LogP contribution in [0.15, 0.2) is 67.1 Å². The number of aldehydes is 1. The molecule has 1 fully saturated rings. The summed E-state index contributed by atoms with van der Waals surface area (Å²) in [4.78, 5) is 33.5. The average Bonchev–Trinajstić information content (AvgIpc) is 3.56. The number of hydrogen-bond acceptors (Lipinski definition) is 3. The van der Waals surface area contributed by atoms with Crippen LogP contribution >= 0.6 is 0 Å². The van der Waals surface area contributed by atoms with E-state index in [2.05, 4.69) is 31.2 Å².